The van der Waals surface area contributed by atoms with Crippen molar-refractivity contribution in [2.45, 2.75) is 26.2 Å². The minimum atomic E-state index is -0.625. The summed E-state index contributed by atoms with van der Waals surface area (Å²) >= 11 is 0. The molecule has 1 aliphatic rings. The highest BCUT2D eigenvalue weighted by Crippen LogP contribution is 2.31. The molecule has 50 valence electrons. The Morgan fingerprint density at radius 1 is 1.67 bits per heavy atom. The fourth-order valence-electron chi connectivity index (χ4n) is 1.17. The highest BCUT2D eigenvalue weighted by atomic mass is 16.1. The third kappa shape index (κ3) is 0.889. The van der Waals surface area contributed by atoms with Crippen LogP contribution in [0.1, 0.15) is 26.2 Å². The molecule has 0 amide bonds. The Morgan fingerprint density at radius 3 is 2.56 bits per heavy atom. The van der Waals surface area contributed by atoms with Gasteiger partial charge in [0.05, 0.1) is 5.41 Å². The smallest absolute Gasteiger partial charge is 0.145 e. The predicted octanol–water partition coefficient (Wildman–Crippen LogP) is 0.945. The molecule has 0 saturated heterocycles. The first kappa shape index (κ1) is 6.46. The van der Waals surface area contributed by atoms with Crippen LogP contribution in [0.3, 0.4) is 0 Å². The summed E-state index contributed by atoms with van der Waals surface area (Å²) in [5, 5.41) is 0. The maximum Gasteiger partial charge on any atom is 0.145 e. The van der Waals surface area contributed by atoms with Crippen LogP contribution in [-0.4, -0.2) is 12.1 Å². The lowest BCUT2D eigenvalue weighted by Crippen LogP contribution is -2.22. The van der Waals surface area contributed by atoms with Crippen molar-refractivity contribution < 1.29 is 9.59 Å². The number of hydrogen-bond acceptors (Lipinski definition) is 2. The average molecular weight is 126 g/mol. The average Bonchev–Trinajstić information content (AvgIpc) is 2.15. The number of aldehydes is 1. The molecule has 0 aromatic rings. The summed E-state index contributed by atoms with van der Waals surface area (Å²) < 4.78 is 0. The van der Waals surface area contributed by atoms with Crippen LogP contribution in [0.2, 0.25) is 0 Å². The Morgan fingerprint density at radius 2 is 2.33 bits per heavy atom. The van der Waals surface area contributed by atoms with Gasteiger partial charge in [-0.1, -0.05) is 0 Å². The summed E-state index contributed by atoms with van der Waals surface area (Å²) in [4.78, 5) is 21.2. The van der Waals surface area contributed by atoms with Gasteiger partial charge in [0.2, 0.25) is 0 Å². The Bertz CT molecular complexity index is 151. The molecule has 1 unspecified atom stereocenters. The molecule has 0 radical (unpaired) electrons. The molecule has 1 rings (SSSR count). The van der Waals surface area contributed by atoms with E-state index in [9.17, 15) is 9.59 Å². The van der Waals surface area contributed by atoms with Crippen molar-refractivity contribution in [3.8, 4) is 0 Å². The Kier molecular flexibility index (Phi) is 1.39. The van der Waals surface area contributed by atoms with Crippen molar-refractivity contribution in [3.05, 3.63) is 0 Å². The molecule has 2 nitrogen and oxygen atoms in total. The summed E-state index contributed by atoms with van der Waals surface area (Å²) in [6.07, 6.45) is 3.00. The zero-order chi connectivity index (χ0) is 6.91. The first-order valence-corrected chi connectivity index (χ1v) is 3.19. The van der Waals surface area contributed by atoms with E-state index in [4.69, 9.17) is 0 Å². The van der Waals surface area contributed by atoms with Crippen LogP contribution in [-0.2, 0) is 9.59 Å². The third-order valence-corrected chi connectivity index (χ3v) is 2.00. The van der Waals surface area contributed by atoms with Gasteiger partial charge in [0, 0.05) is 6.42 Å². The van der Waals surface area contributed by atoms with Gasteiger partial charge in [-0.2, -0.15) is 0 Å². The van der Waals surface area contributed by atoms with E-state index in [1.54, 1.807) is 6.92 Å². The van der Waals surface area contributed by atoms with Gasteiger partial charge in [-0.3, -0.25) is 4.79 Å². The lowest BCUT2D eigenvalue weighted by atomic mass is 9.90. The van der Waals surface area contributed by atoms with Crippen molar-refractivity contribution in [1.29, 1.82) is 0 Å². The highest BCUT2D eigenvalue weighted by Gasteiger charge is 2.36. The van der Waals surface area contributed by atoms with Gasteiger partial charge in [0.15, 0.2) is 0 Å². The van der Waals surface area contributed by atoms with Gasteiger partial charge in [0.1, 0.15) is 12.1 Å². The van der Waals surface area contributed by atoms with Crippen molar-refractivity contribution in [2.24, 2.45) is 5.41 Å². The van der Waals surface area contributed by atoms with Crippen molar-refractivity contribution in [1.82, 2.24) is 0 Å². The fraction of sp³-hybridized carbons (Fsp3) is 0.714. The highest BCUT2D eigenvalue weighted by molar-refractivity contribution is 5.99. The number of carbonyl (C=O) groups is 2. The molecule has 0 N–H and O–H groups in total. The van der Waals surface area contributed by atoms with E-state index in [0.29, 0.717) is 6.42 Å². The van der Waals surface area contributed by atoms with Crippen LogP contribution in [0.25, 0.3) is 0 Å². The van der Waals surface area contributed by atoms with Gasteiger partial charge in [-0.15, -0.1) is 0 Å². The lowest BCUT2D eigenvalue weighted by molar-refractivity contribution is -0.130. The van der Waals surface area contributed by atoms with Crippen LogP contribution in [0.4, 0.5) is 0 Å². The summed E-state index contributed by atoms with van der Waals surface area (Å²) in [5.74, 6) is 0.109. The molecule has 1 saturated carbocycles. The minimum absolute atomic E-state index is 0.109. The van der Waals surface area contributed by atoms with Gasteiger partial charge >= 0.3 is 0 Å². The molecule has 9 heavy (non-hydrogen) atoms. The molecule has 0 aliphatic heterocycles. The van der Waals surface area contributed by atoms with Crippen molar-refractivity contribution >= 4 is 12.1 Å². The third-order valence-electron chi connectivity index (χ3n) is 2.00. The topological polar surface area (TPSA) is 34.1 Å². The van der Waals surface area contributed by atoms with E-state index in [-0.39, 0.29) is 5.78 Å². The quantitative estimate of drug-likeness (QED) is 0.387. The molecule has 2 heteroatoms. The molecular formula is C7H10O2. The molecule has 0 spiro atoms. The Hall–Kier alpha value is -0.660. The number of rotatable bonds is 1. The maximum absolute atomic E-state index is 10.9. The van der Waals surface area contributed by atoms with Crippen LogP contribution < -0.4 is 0 Å². The Balaban J connectivity index is 2.78. The molecule has 1 atom stereocenters. The first-order chi connectivity index (χ1) is 4.19. The Labute approximate surface area is 54.2 Å². The molecule has 0 bridgehead atoms. The van der Waals surface area contributed by atoms with E-state index in [1.807, 2.05) is 0 Å². The predicted molar refractivity (Wildman–Crippen MR) is 33.0 cm³/mol. The van der Waals surface area contributed by atoms with Crippen molar-refractivity contribution in [3.63, 3.8) is 0 Å². The van der Waals surface area contributed by atoms with E-state index in [1.165, 1.54) is 0 Å². The van der Waals surface area contributed by atoms with Gasteiger partial charge < -0.3 is 4.79 Å². The van der Waals surface area contributed by atoms with Gasteiger partial charge in [-0.05, 0) is 19.8 Å². The number of carbonyl (C=O) groups excluding carboxylic acids is 2. The summed E-state index contributed by atoms with van der Waals surface area (Å²) in [6, 6.07) is 0. The number of hydrogen-bond donors (Lipinski definition) is 0. The number of ketones is 1. The lowest BCUT2D eigenvalue weighted by Gasteiger charge is -2.10. The second-order valence-corrected chi connectivity index (χ2v) is 2.81. The number of Topliss-reactive ketones (excluding diaryl/α,β-unsaturated/α-hetero) is 1. The summed E-state index contributed by atoms with van der Waals surface area (Å²) in [7, 11) is 0. The van der Waals surface area contributed by atoms with E-state index >= 15 is 0 Å². The molecular weight excluding hydrogens is 116 g/mol. The van der Waals surface area contributed by atoms with E-state index in [2.05, 4.69) is 0 Å². The fourth-order valence-corrected chi connectivity index (χ4v) is 1.17. The molecule has 1 fully saturated rings. The minimum Gasteiger partial charge on any atom is -0.302 e. The van der Waals surface area contributed by atoms with Crippen LogP contribution in [0, 0.1) is 5.41 Å². The zero-order valence-corrected chi connectivity index (χ0v) is 5.52. The largest absolute Gasteiger partial charge is 0.302 e. The second kappa shape index (κ2) is 1.94. The molecule has 0 aromatic carbocycles. The van der Waals surface area contributed by atoms with E-state index < -0.39 is 5.41 Å². The maximum atomic E-state index is 10.9. The second-order valence-electron chi connectivity index (χ2n) is 2.81. The molecule has 1 aliphatic carbocycles. The monoisotopic (exact) mass is 126 g/mol. The van der Waals surface area contributed by atoms with Crippen LogP contribution >= 0.6 is 0 Å². The molecule has 0 aromatic heterocycles. The SMILES string of the molecule is CC1(C=O)CCCC1=O. The van der Waals surface area contributed by atoms with Gasteiger partial charge in [-0.25, -0.2) is 0 Å². The zero-order valence-electron chi connectivity index (χ0n) is 5.52. The van der Waals surface area contributed by atoms with E-state index in [0.717, 1.165) is 19.1 Å². The summed E-state index contributed by atoms with van der Waals surface area (Å²) in [5.41, 5.74) is -0.625. The van der Waals surface area contributed by atoms with Crippen molar-refractivity contribution in [2.75, 3.05) is 0 Å². The molecule has 0 heterocycles. The van der Waals surface area contributed by atoms with Crippen LogP contribution in [0.15, 0.2) is 0 Å². The van der Waals surface area contributed by atoms with Crippen LogP contribution in [0.5, 0.6) is 0 Å². The first-order valence-electron chi connectivity index (χ1n) is 3.19. The normalized spacial score (nSPS) is 35.0. The standard InChI is InChI=1S/C7H10O2/c1-7(5-8)4-2-3-6(7)9/h5H,2-4H2,1H3. The van der Waals surface area contributed by atoms with Gasteiger partial charge in [0.25, 0.3) is 0 Å². The summed E-state index contributed by atoms with van der Waals surface area (Å²) in [6.45, 7) is 1.72.